The van der Waals surface area contributed by atoms with E-state index < -0.39 is 28.7 Å². The number of carbonyl (C=O) groups is 3. The number of amides is 2. The quantitative estimate of drug-likeness (QED) is 0.381. The van der Waals surface area contributed by atoms with Crippen LogP contribution in [0.5, 0.6) is 0 Å². The maximum atomic E-state index is 13.3. The van der Waals surface area contributed by atoms with Crippen molar-refractivity contribution in [3.05, 3.63) is 60.2 Å². The van der Waals surface area contributed by atoms with Crippen LogP contribution in [0.4, 0.5) is 0 Å². The molecule has 0 spiro atoms. The molecule has 0 aliphatic heterocycles. The number of nitrogens with one attached hydrogen (secondary N) is 2. The number of hydrogen-bond acceptors (Lipinski definition) is 4. The summed E-state index contributed by atoms with van der Waals surface area (Å²) in [6.07, 6.45) is 3.34. The summed E-state index contributed by atoms with van der Waals surface area (Å²) in [6.45, 7) is 4.02. The van der Waals surface area contributed by atoms with Crippen LogP contribution in [0.3, 0.4) is 0 Å². The highest BCUT2D eigenvalue weighted by Gasteiger charge is 2.44. The molecule has 1 unspecified atom stereocenters. The molecule has 3 N–H and O–H groups in total. The number of benzene rings is 2. The minimum atomic E-state index is -1.10. The summed E-state index contributed by atoms with van der Waals surface area (Å²) in [5.74, 6) is -1.52. The maximum absolute atomic E-state index is 13.3. The molecule has 0 aromatic heterocycles. The number of aliphatic carboxylic acids is 1. The van der Waals surface area contributed by atoms with Crippen LogP contribution < -0.4 is 10.6 Å². The molecule has 1 aliphatic carbocycles. The zero-order valence-electron chi connectivity index (χ0n) is 19.8. The van der Waals surface area contributed by atoms with Gasteiger partial charge < -0.3 is 15.7 Å². The molecule has 182 valence electrons. The van der Waals surface area contributed by atoms with Crippen molar-refractivity contribution >= 4 is 30.4 Å². The lowest BCUT2D eigenvalue weighted by Crippen LogP contribution is -2.61. The number of carbonyl (C=O) groups excluding carboxylic acids is 2. The number of hydrogen-bond donors (Lipinski definition) is 4. The van der Waals surface area contributed by atoms with Crippen LogP contribution in [-0.4, -0.2) is 39.7 Å². The first-order chi connectivity index (χ1) is 16.2. The van der Waals surface area contributed by atoms with E-state index in [0.717, 1.165) is 29.5 Å². The average molecular weight is 483 g/mol. The van der Waals surface area contributed by atoms with E-state index >= 15 is 0 Å². The standard InChI is InChI=1S/C27H34N2O4S/c1-18(2)16-23(34)24(30)29-27(14-6-7-15-27)26(33)28-22(25(31)32)17-19-10-12-21(13-11-19)20-8-4-3-5-9-20/h3-5,8-13,18,22-23,34H,6-7,14-17H2,1-2H3,(H,28,33)(H,29,30)(H,31,32)/t22?,23-/m0/s1. The third-order valence-electron chi connectivity index (χ3n) is 6.36. The van der Waals surface area contributed by atoms with Crippen molar-refractivity contribution in [1.82, 2.24) is 10.6 Å². The van der Waals surface area contributed by atoms with Gasteiger partial charge in [-0.1, -0.05) is 81.3 Å². The van der Waals surface area contributed by atoms with Gasteiger partial charge in [0.05, 0.1) is 5.25 Å². The molecule has 2 aromatic carbocycles. The van der Waals surface area contributed by atoms with E-state index in [1.807, 2.05) is 68.4 Å². The molecule has 1 aliphatic rings. The fraction of sp³-hybridized carbons (Fsp3) is 0.444. The highest BCUT2D eigenvalue weighted by molar-refractivity contribution is 7.81. The average Bonchev–Trinajstić information content (AvgIpc) is 3.29. The lowest BCUT2D eigenvalue weighted by molar-refractivity contribution is -0.143. The zero-order chi connectivity index (χ0) is 24.7. The van der Waals surface area contributed by atoms with E-state index in [4.69, 9.17) is 0 Å². The van der Waals surface area contributed by atoms with Gasteiger partial charge in [0.15, 0.2) is 0 Å². The van der Waals surface area contributed by atoms with E-state index in [0.29, 0.717) is 25.2 Å². The van der Waals surface area contributed by atoms with Crippen molar-refractivity contribution < 1.29 is 19.5 Å². The van der Waals surface area contributed by atoms with Crippen molar-refractivity contribution in [1.29, 1.82) is 0 Å². The molecule has 0 radical (unpaired) electrons. The Morgan fingerprint density at radius 3 is 2.12 bits per heavy atom. The van der Waals surface area contributed by atoms with Gasteiger partial charge in [0.2, 0.25) is 11.8 Å². The Kier molecular flexibility index (Phi) is 8.78. The first kappa shape index (κ1) is 25.8. The number of carboxylic acid groups (broad SMARTS) is 1. The van der Waals surface area contributed by atoms with E-state index in [2.05, 4.69) is 23.3 Å². The molecule has 2 atom stereocenters. The molecule has 7 heteroatoms. The highest BCUT2D eigenvalue weighted by Crippen LogP contribution is 2.31. The summed E-state index contributed by atoms with van der Waals surface area (Å²) >= 11 is 4.41. The zero-order valence-corrected chi connectivity index (χ0v) is 20.7. The third-order valence-corrected chi connectivity index (χ3v) is 6.80. The normalized spacial score (nSPS) is 16.6. The summed E-state index contributed by atoms with van der Waals surface area (Å²) in [7, 11) is 0. The molecule has 0 heterocycles. The Hall–Kier alpha value is -2.80. The third kappa shape index (κ3) is 6.63. The number of thiol groups is 1. The van der Waals surface area contributed by atoms with Crippen molar-refractivity contribution in [2.24, 2.45) is 5.92 Å². The van der Waals surface area contributed by atoms with Crippen LogP contribution in [0, 0.1) is 5.92 Å². The summed E-state index contributed by atoms with van der Waals surface area (Å²) in [5, 5.41) is 14.9. The van der Waals surface area contributed by atoms with E-state index in [1.54, 1.807) is 0 Å². The van der Waals surface area contributed by atoms with Crippen LogP contribution in [0.25, 0.3) is 11.1 Å². The lowest BCUT2D eigenvalue weighted by atomic mass is 9.94. The van der Waals surface area contributed by atoms with Gasteiger partial charge in [0, 0.05) is 6.42 Å². The van der Waals surface area contributed by atoms with Gasteiger partial charge in [-0.3, -0.25) is 9.59 Å². The Morgan fingerprint density at radius 1 is 0.971 bits per heavy atom. The summed E-state index contributed by atoms with van der Waals surface area (Å²) in [6, 6.07) is 16.5. The Balaban J connectivity index is 1.69. The molecule has 0 saturated heterocycles. The fourth-order valence-electron chi connectivity index (χ4n) is 4.46. The minimum Gasteiger partial charge on any atom is -0.480 e. The van der Waals surface area contributed by atoms with Gasteiger partial charge in [-0.15, -0.1) is 0 Å². The largest absolute Gasteiger partial charge is 0.480 e. The summed E-state index contributed by atoms with van der Waals surface area (Å²) in [5.41, 5.74) is 1.84. The van der Waals surface area contributed by atoms with Crippen LogP contribution in [0.15, 0.2) is 54.6 Å². The van der Waals surface area contributed by atoms with Crippen molar-refractivity contribution in [2.45, 2.75) is 69.2 Å². The predicted molar refractivity (Wildman–Crippen MR) is 137 cm³/mol. The Labute approximate surface area is 206 Å². The second kappa shape index (κ2) is 11.6. The van der Waals surface area contributed by atoms with Gasteiger partial charge in [0.1, 0.15) is 11.6 Å². The molecule has 2 aromatic rings. The molecule has 2 amide bonds. The van der Waals surface area contributed by atoms with Crippen LogP contribution in [0.1, 0.15) is 51.5 Å². The first-order valence-corrected chi connectivity index (χ1v) is 12.4. The van der Waals surface area contributed by atoms with Gasteiger partial charge in [0.25, 0.3) is 0 Å². The molecule has 3 rings (SSSR count). The molecule has 0 bridgehead atoms. The molecule has 1 fully saturated rings. The number of carboxylic acids is 1. The lowest BCUT2D eigenvalue weighted by Gasteiger charge is -2.31. The fourth-order valence-corrected chi connectivity index (χ4v) is 4.94. The minimum absolute atomic E-state index is 0.155. The topological polar surface area (TPSA) is 95.5 Å². The molecule has 34 heavy (non-hydrogen) atoms. The SMILES string of the molecule is CC(C)C[C@H](S)C(=O)NC1(C(=O)NC(Cc2ccc(-c3ccccc3)cc2)C(=O)O)CCCC1. The Bertz CT molecular complexity index is 985. The van der Waals surface area contributed by atoms with Crippen LogP contribution in [0.2, 0.25) is 0 Å². The maximum Gasteiger partial charge on any atom is 0.326 e. The molecular formula is C27H34N2O4S. The number of rotatable bonds is 10. The van der Waals surface area contributed by atoms with Crippen LogP contribution in [-0.2, 0) is 20.8 Å². The second-order valence-electron chi connectivity index (χ2n) is 9.56. The molecule has 6 nitrogen and oxygen atoms in total. The van der Waals surface area contributed by atoms with E-state index in [1.165, 1.54) is 0 Å². The van der Waals surface area contributed by atoms with Gasteiger partial charge in [-0.25, -0.2) is 4.79 Å². The summed E-state index contributed by atoms with van der Waals surface area (Å²) < 4.78 is 0. The molecule has 1 saturated carbocycles. The van der Waals surface area contributed by atoms with Gasteiger partial charge in [-0.05, 0) is 41.9 Å². The van der Waals surface area contributed by atoms with Gasteiger partial charge >= 0.3 is 5.97 Å². The van der Waals surface area contributed by atoms with Crippen LogP contribution >= 0.6 is 12.6 Å². The molecular weight excluding hydrogens is 448 g/mol. The van der Waals surface area contributed by atoms with Gasteiger partial charge in [-0.2, -0.15) is 12.6 Å². The highest BCUT2D eigenvalue weighted by atomic mass is 32.1. The predicted octanol–water partition coefficient (Wildman–Crippen LogP) is 4.24. The van der Waals surface area contributed by atoms with Crippen molar-refractivity contribution in [2.75, 3.05) is 0 Å². The van der Waals surface area contributed by atoms with Crippen molar-refractivity contribution in [3.8, 4) is 11.1 Å². The second-order valence-corrected chi connectivity index (χ2v) is 10.2. The van der Waals surface area contributed by atoms with Crippen molar-refractivity contribution in [3.63, 3.8) is 0 Å². The first-order valence-electron chi connectivity index (χ1n) is 11.9. The van der Waals surface area contributed by atoms with E-state index in [-0.39, 0.29) is 12.3 Å². The monoisotopic (exact) mass is 482 g/mol. The summed E-state index contributed by atoms with van der Waals surface area (Å²) in [4.78, 5) is 38.0. The smallest absolute Gasteiger partial charge is 0.326 e. The Morgan fingerprint density at radius 2 is 1.56 bits per heavy atom. The van der Waals surface area contributed by atoms with E-state index in [9.17, 15) is 19.5 Å².